The summed E-state index contributed by atoms with van der Waals surface area (Å²) in [7, 11) is 1.86. The average molecular weight is 547 g/mol. The topological polar surface area (TPSA) is 152 Å². The molecule has 0 radical (unpaired) electrons. The van der Waals surface area contributed by atoms with Gasteiger partial charge >= 0.3 is 0 Å². The number of hydrogen-bond donors (Lipinski definition) is 4. The van der Waals surface area contributed by atoms with Crippen molar-refractivity contribution in [1.82, 2.24) is 35.0 Å². The van der Waals surface area contributed by atoms with E-state index >= 15 is 0 Å². The van der Waals surface area contributed by atoms with Crippen LogP contribution < -0.4 is 22.2 Å². The zero-order valence-electron chi connectivity index (χ0n) is 23.5. The van der Waals surface area contributed by atoms with Crippen LogP contribution in [0.4, 0.5) is 11.6 Å². The Labute approximate surface area is 234 Å². The molecule has 0 aliphatic carbocycles. The fourth-order valence-corrected chi connectivity index (χ4v) is 4.72. The Morgan fingerprint density at radius 2 is 2.05 bits per heavy atom. The molecule has 12 heteroatoms. The van der Waals surface area contributed by atoms with Crippen molar-refractivity contribution in [2.24, 2.45) is 18.6 Å². The largest absolute Gasteiger partial charge is 0.393 e. The fraction of sp³-hybridized carbons (Fsp3) is 0.429. The number of rotatable bonds is 7. The highest BCUT2D eigenvalue weighted by Crippen LogP contribution is 2.32. The minimum atomic E-state index is -0.365. The van der Waals surface area contributed by atoms with Crippen LogP contribution in [0, 0.1) is 0 Å². The van der Waals surface area contributed by atoms with E-state index in [9.17, 15) is 4.79 Å². The molecular formula is C28H38N10O2. The van der Waals surface area contributed by atoms with Crippen molar-refractivity contribution in [3.63, 3.8) is 0 Å². The maximum absolute atomic E-state index is 13.1. The maximum atomic E-state index is 13.1. The number of amides is 1. The highest BCUT2D eigenvalue weighted by Gasteiger charge is 2.31. The standard InChI is InChI=1S/C28H38N10O2/c1-28(2,3)38(30)15-23(29)26(39)34-25-8-10-37(21-16-40-17-21)13-19-11-18(5-6-22(19)25)24-7-9-31-27(35-24)33-20-12-32-36(4)14-20/h5-7,9,11-12,14-15,21,25H,8,10,13,16-17,29-30H2,1-4H3,(H,34,39)(H,31,33,35)/b23-15-. The predicted octanol–water partition coefficient (Wildman–Crippen LogP) is 2.16. The van der Waals surface area contributed by atoms with E-state index in [1.165, 1.54) is 11.2 Å². The second-order valence-electron chi connectivity index (χ2n) is 11.3. The summed E-state index contributed by atoms with van der Waals surface area (Å²) in [5, 5.41) is 12.0. The third-order valence-electron chi connectivity index (χ3n) is 7.27. The first-order valence-corrected chi connectivity index (χ1v) is 13.4. The number of hydrazine groups is 1. The number of anilines is 2. The molecule has 6 N–H and O–H groups in total. The summed E-state index contributed by atoms with van der Waals surface area (Å²) in [4.78, 5) is 24.6. The third-order valence-corrected chi connectivity index (χ3v) is 7.27. The van der Waals surface area contributed by atoms with E-state index in [2.05, 4.69) is 37.7 Å². The van der Waals surface area contributed by atoms with Crippen LogP contribution in [-0.2, 0) is 23.1 Å². The first-order valence-electron chi connectivity index (χ1n) is 13.4. The van der Waals surface area contributed by atoms with Crippen molar-refractivity contribution in [3.8, 4) is 11.3 Å². The van der Waals surface area contributed by atoms with E-state index in [1.54, 1.807) is 17.1 Å². The Hall–Kier alpha value is -4.00. The van der Waals surface area contributed by atoms with E-state index in [0.29, 0.717) is 12.0 Å². The van der Waals surface area contributed by atoms with Crippen LogP contribution in [0.25, 0.3) is 11.3 Å². The van der Waals surface area contributed by atoms with Gasteiger partial charge < -0.3 is 26.1 Å². The van der Waals surface area contributed by atoms with E-state index in [-0.39, 0.29) is 23.2 Å². The lowest BCUT2D eigenvalue weighted by molar-refractivity contribution is -0.118. The van der Waals surface area contributed by atoms with Crippen LogP contribution in [0.1, 0.15) is 44.4 Å². The third kappa shape index (κ3) is 6.24. The van der Waals surface area contributed by atoms with Crippen LogP contribution in [-0.4, -0.2) is 66.9 Å². The molecule has 212 valence electrons. The van der Waals surface area contributed by atoms with Gasteiger partial charge in [0, 0.05) is 49.8 Å². The van der Waals surface area contributed by atoms with Gasteiger partial charge in [-0.1, -0.05) is 12.1 Å². The molecule has 4 heterocycles. The second kappa shape index (κ2) is 11.2. The quantitative estimate of drug-likeness (QED) is 0.197. The molecule has 1 unspecified atom stereocenters. The molecule has 2 aromatic heterocycles. The van der Waals surface area contributed by atoms with Gasteiger partial charge in [-0.2, -0.15) is 5.10 Å². The van der Waals surface area contributed by atoms with Gasteiger partial charge in [0.25, 0.3) is 5.91 Å². The zero-order chi connectivity index (χ0) is 28.4. The van der Waals surface area contributed by atoms with Crippen LogP contribution in [0.5, 0.6) is 0 Å². The number of nitrogens with two attached hydrogens (primary N) is 2. The summed E-state index contributed by atoms with van der Waals surface area (Å²) in [6, 6.07) is 8.32. The number of aryl methyl sites for hydroxylation is 1. The number of nitrogens with zero attached hydrogens (tertiary/aromatic N) is 6. The summed E-state index contributed by atoms with van der Waals surface area (Å²) in [6.07, 6.45) is 7.56. The van der Waals surface area contributed by atoms with Crippen LogP contribution >= 0.6 is 0 Å². The number of carbonyl (C=O) groups is 1. The van der Waals surface area contributed by atoms with Gasteiger partial charge in [-0.25, -0.2) is 15.8 Å². The molecule has 2 aliphatic heterocycles. The summed E-state index contributed by atoms with van der Waals surface area (Å²) in [5.74, 6) is 6.23. The van der Waals surface area contributed by atoms with Gasteiger partial charge in [0.2, 0.25) is 5.95 Å². The molecule has 5 rings (SSSR count). The van der Waals surface area contributed by atoms with E-state index in [4.69, 9.17) is 21.3 Å². The van der Waals surface area contributed by atoms with E-state index < -0.39 is 0 Å². The lowest BCUT2D eigenvalue weighted by Crippen LogP contribution is -2.48. The molecular weight excluding hydrogens is 508 g/mol. The van der Waals surface area contributed by atoms with E-state index in [1.807, 2.05) is 46.1 Å². The number of aromatic nitrogens is 4. The molecule has 12 nitrogen and oxygen atoms in total. The lowest BCUT2D eigenvalue weighted by Gasteiger charge is -2.36. The molecule has 3 aromatic rings. The Kier molecular flexibility index (Phi) is 7.74. The number of ether oxygens (including phenoxy) is 1. The number of benzene rings is 1. The summed E-state index contributed by atoms with van der Waals surface area (Å²) < 4.78 is 7.19. The van der Waals surface area contributed by atoms with Crippen LogP contribution in [0.15, 0.2) is 54.8 Å². The summed E-state index contributed by atoms with van der Waals surface area (Å²) in [5.41, 5.74) is 10.6. The molecule has 0 saturated carbocycles. The molecule has 1 fully saturated rings. The van der Waals surface area contributed by atoms with Gasteiger partial charge in [0.05, 0.1) is 42.9 Å². The minimum absolute atomic E-state index is 0.0683. The smallest absolute Gasteiger partial charge is 0.269 e. The fourth-order valence-electron chi connectivity index (χ4n) is 4.72. The van der Waals surface area contributed by atoms with Crippen molar-refractivity contribution in [1.29, 1.82) is 0 Å². The molecule has 1 aromatic carbocycles. The number of fused-ring (bicyclic) bond motifs is 1. The predicted molar refractivity (Wildman–Crippen MR) is 153 cm³/mol. The second-order valence-corrected chi connectivity index (χ2v) is 11.3. The SMILES string of the molecule is Cn1cc(Nc2nccc(-c3ccc4c(c3)CN(C3COC3)CCC4NC(=O)/C(N)=C/N(N)C(C)(C)C)n2)cn1. The molecule has 1 saturated heterocycles. The Bertz CT molecular complexity index is 1390. The summed E-state index contributed by atoms with van der Waals surface area (Å²) in [6.45, 7) is 8.85. The average Bonchev–Trinajstić information content (AvgIpc) is 3.20. The number of hydrogen-bond acceptors (Lipinski definition) is 10. The first kappa shape index (κ1) is 27.6. The molecule has 2 aliphatic rings. The molecule has 40 heavy (non-hydrogen) atoms. The molecule has 0 bridgehead atoms. The Morgan fingerprint density at radius 3 is 2.73 bits per heavy atom. The normalized spacial score (nSPS) is 18.4. The van der Waals surface area contributed by atoms with Crippen LogP contribution in [0.2, 0.25) is 0 Å². The number of carbonyl (C=O) groups excluding carboxylic acids is 1. The zero-order valence-corrected chi connectivity index (χ0v) is 23.5. The molecule has 0 spiro atoms. The van der Waals surface area contributed by atoms with Gasteiger partial charge in [-0.05, 0) is 50.5 Å². The van der Waals surface area contributed by atoms with Crippen molar-refractivity contribution in [2.75, 3.05) is 25.1 Å². The van der Waals surface area contributed by atoms with Crippen molar-refractivity contribution < 1.29 is 9.53 Å². The minimum Gasteiger partial charge on any atom is -0.393 e. The van der Waals surface area contributed by atoms with Gasteiger partial charge in [-0.15, -0.1) is 0 Å². The van der Waals surface area contributed by atoms with Crippen molar-refractivity contribution in [2.45, 2.75) is 51.4 Å². The van der Waals surface area contributed by atoms with Gasteiger partial charge in [0.1, 0.15) is 5.70 Å². The highest BCUT2D eigenvalue weighted by molar-refractivity contribution is 5.92. The van der Waals surface area contributed by atoms with Gasteiger partial charge in [0.15, 0.2) is 0 Å². The molecule has 1 amide bonds. The lowest BCUT2D eigenvalue weighted by atomic mass is 9.96. The Balaban J connectivity index is 1.41. The first-order chi connectivity index (χ1) is 19.1. The molecule has 1 atom stereocenters. The van der Waals surface area contributed by atoms with Crippen molar-refractivity contribution >= 4 is 17.5 Å². The van der Waals surface area contributed by atoms with Crippen LogP contribution in [0.3, 0.4) is 0 Å². The maximum Gasteiger partial charge on any atom is 0.269 e. The van der Waals surface area contributed by atoms with Crippen molar-refractivity contribution in [3.05, 3.63) is 65.9 Å². The Morgan fingerprint density at radius 1 is 1.25 bits per heavy atom. The monoisotopic (exact) mass is 546 g/mol. The van der Waals surface area contributed by atoms with E-state index in [0.717, 1.165) is 60.8 Å². The highest BCUT2D eigenvalue weighted by atomic mass is 16.5. The van der Waals surface area contributed by atoms with Gasteiger partial charge in [-0.3, -0.25) is 14.4 Å². The summed E-state index contributed by atoms with van der Waals surface area (Å²) >= 11 is 0. The number of nitrogens with one attached hydrogen (secondary N) is 2.